The second-order valence-corrected chi connectivity index (χ2v) is 11.0. The van der Waals surface area contributed by atoms with Crippen molar-refractivity contribution in [3.8, 4) is 17.1 Å². The minimum Gasteiger partial charge on any atom is -0.496 e. The Kier molecular flexibility index (Phi) is 6.21. The maximum Gasteiger partial charge on any atom is 0.227 e. The molecule has 0 aliphatic heterocycles. The number of halogens is 1. The quantitative estimate of drug-likeness (QED) is 0.356. The van der Waals surface area contributed by atoms with Gasteiger partial charge in [0.25, 0.3) is 0 Å². The van der Waals surface area contributed by atoms with Gasteiger partial charge in [-0.1, -0.05) is 17.7 Å². The molecule has 0 saturated heterocycles. The third-order valence-electron chi connectivity index (χ3n) is 6.03. The normalized spacial score (nSPS) is 15.5. The molecule has 0 saturated carbocycles. The zero-order chi connectivity index (χ0) is 24.6. The molecule has 0 fully saturated rings. The number of nitrogens with one attached hydrogen (secondary N) is 2. The van der Waals surface area contributed by atoms with Crippen LogP contribution in [0.25, 0.3) is 11.4 Å². The highest BCUT2D eigenvalue weighted by molar-refractivity contribution is 7.91. The Labute approximate surface area is 208 Å². The van der Waals surface area contributed by atoms with E-state index in [0.717, 1.165) is 29.7 Å². The summed E-state index contributed by atoms with van der Waals surface area (Å²) in [5, 5.41) is 2.81. The summed E-state index contributed by atoms with van der Waals surface area (Å²) in [4.78, 5) is 16.9. The number of hydrogen-bond donors (Lipinski definition) is 2. The Balaban J connectivity index is 1.46. The van der Waals surface area contributed by atoms with Crippen molar-refractivity contribution in [1.29, 1.82) is 0 Å². The predicted molar refractivity (Wildman–Crippen MR) is 135 cm³/mol. The third-order valence-corrected chi connectivity index (χ3v) is 8.38. The van der Waals surface area contributed by atoms with Gasteiger partial charge in [-0.05, 0) is 62.1 Å². The van der Waals surface area contributed by atoms with Crippen molar-refractivity contribution in [3.05, 3.63) is 76.8 Å². The smallest absolute Gasteiger partial charge is 0.227 e. The van der Waals surface area contributed by atoms with Crippen molar-refractivity contribution in [2.45, 2.75) is 36.3 Å². The van der Waals surface area contributed by atoms with Crippen molar-refractivity contribution in [2.75, 3.05) is 12.4 Å². The van der Waals surface area contributed by atoms with Crippen molar-refractivity contribution in [1.82, 2.24) is 19.9 Å². The van der Waals surface area contributed by atoms with E-state index in [2.05, 4.69) is 25.3 Å². The van der Waals surface area contributed by atoms with Gasteiger partial charge in [-0.3, -0.25) is 0 Å². The first-order valence-electron chi connectivity index (χ1n) is 11.2. The molecule has 1 aliphatic carbocycles. The zero-order valence-electron chi connectivity index (χ0n) is 19.2. The Morgan fingerprint density at radius 1 is 1.14 bits per heavy atom. The first-order valence-corrected chi connectivity index (χ1v) is 13.1. The van der Waals surface area contributed by atoms with Crippen molar-refractivity contribution in [3.63, 3.8) is 0 Å². The minimum absolute atomic E-state index is 0.199. The molecule has 0 radical (unpaired) electrons. The molecular formula is C25H24ClN5O3S. The summed E-state index contributed by atoms with van der Waals surface area (Å²) in [5.74, 6) is 1.66. The molecule has 10 heteroatoms. The van der Waals surface area contributed by atoms with E-state index in [9.17, 15) is 8.42 Å². The highest BCUT2D eigenvalue weighted by Crippen LogP contribution is 2.39. The average molecular weight is 510 g/mol. The van der Waals surface area contributed by atoms with Gasteiger partial charge in [0, 0.05) is 34.9 Å². The number of aryl methyl sites for hydroxylation is 2. The van der Waals surface area contributed by atoms with Gasteiger partial charge in [-0.15, -0.1) is 0 Å². The first kappa shape index (κ1) is 23.3. The van der Waals surface area contributed by atoms with Crippen LogP contribution in [0.4, 0.5) is 11.6 Å². The lowest BCUT2D eigenvalue weighted by Crippen LogP contribution is -2.21. The molecule has 35 heavy (non-hydrogen) atoms. The van der Waals surface area contributed by atoms with Crippen LogP contribution in [-0.4, -0.2) is 35.5 Å². The number of sulfone groups is 1. The fourth-order valence-corrected chi connectivity index (χ4v) is 6.44. The topological polar surface area (TPSA) is 110 Å². The minimum atomic E-state index is -3.67. The third kappa shape index (κ3) is 4.61. The molecule has 0 bridgehead atoms. The lowest BCUT2D eigenvalue weighted by Gasteiger charge is -2.24. The number of anilines is 2. The second kappa shape index (κ2) is 9.31. The zero-order valence-corrected chi connectivity index (χ0v) is 20.8. The highest BCUT2D eigenvalue weighted by atomic mass is 35.5. The molecule has 2 heterocycles. The van der Waals surface area contributed by atoms with Gasteiger partial charge in [0.15, 0.2) is 9.84 Å². The van der Waals surface area contributed by atoms with Crippen LogP contribution in [0, 0.1) is 6.92 Å². The molecule has 8 nitrogen and oxygen atoms in total. The van der Waals surface area contributed by atoms with Crippen molar-refractivity contribution < 1.29 is 13.2 Å². The predicted octanol–water partition coefficient (Wildman–Crippen LogP) is 5.43. The van der Waals surface area contributed by atoms with Crippen LogP contribution in [-0.2, 0) is 16.3 Å². The highest BCUT2D eigenvalue weighted by Gasteiger charge is 2.35. The largest absolute Gasteiger partial charge is 0.496 e. The van der Waals surface area contributed by atoms with Crippen LogP contribution in [0.3, 0.4) is 0 Å². The molecule has 2 N–H and O–H groups in total. The van der Waals surface area contributed by atoms with Crippen LogP contribution in [0.15, 0.2) is 59.8 Å². The Morgan fingerprint density at radius 2 is 2.00 bits per heavy atom. The van der Waals surface area contributed by atoms with E-state index in [1.165, 1.54) is 6.07 Å². The van der Waals surface area contributed by atoms with Gasteiger partial charge in [0.05, 0.1) is 23.3 Å². The maximum atomic E-state index is 13.5. The van der Waals surface area contributed by atoms with Crippen LogP contribution < -0.4 is 10.1 Å². The fraction of sp³-hybridized carbons (Fsp3) is 0.240. The summed E-state index contributed by atoms with van der Waals surface area (Å²) in [7, 11) is -2.07. The number of imidazole rings is 1. The molecule has 1 aliphatic rings. The number of methoxy groups -OCH3 is 1. The van der Waals surface area contributed by atoms with Crippen LogP contribution in [0.1, 0.15) is 35.0 Å². The number of ether oxygens (including phenoxy) is 1. The van der Waals surface area contributed by atoms with E-state index in [1.807, 2.05) is 25.1 Å². The van der Waals surface area contributed by atoms with E-state index in [0.29, 0.717) is 40.3 Å². The number of aromatic nitrogens is 4. The maximum absolute atomic E-state index is 13.5. The molecule has 5 rings (SSSR count). The number of fused-ring (bicyclic) bond motifs is 1. The SMILES string of the molecule is COc1cc(Nc2ncc3c(n2)C(S(=O)(=O)c2cccc(Cl)c2)CCC3)ccc1-c1ncc(C)[nH]1. The number of rotatable bonds is 6. The molecule has 0 spiro atoms. The van der Waals surface area contributed by atoms with Crippen LogP contribution in [0.2, 0.25) is 5.02 Å². The van der Waals surface area contributed by atoms with E-state index >= 15 is 0 Å². The summed E-state index contributed by atoms with van der Waals surface area (Å²) in [6.45, 7) is 1.94. The Bertz CT molecular complexity index is 1500. The monoisotopic (exact) mass is 509 g/mol. The summed E-state index contributed by atoms with van der Waals surface area (Å²) in [6, 6.07) is 12.0. The van der Waals surface area contributed by atoms with Gasteiger partial charge in [-0.2, -0.15) is 0 Å². The van der Waals surface area contributed by atoms with Gasteiger partial charge in [-0.25, -0.2) is 23.4 Å². The summed E-state index contributed by atoms with van der Waals surface area (Å²) in [6.07, 6.45) is 5.45. The standard InChI is InChI=1S/C25H24ClN5O3S/c1-15-13-27-24(29-15)20-10-9-18(12-21(20)34-2)30-25-28-14-16-5-3-8-22(23(16)31-25)35(32,33)19-7-4-6-17(26)11-19/h4,6-7,9-14,22H,3,5,8H2,1-2H3,(H,27,29)(H,28,30,31). The van der Waals surface area contributed by atoms with Crippen molar-refractivity contribution >= 4 is 33.1 Å². The van der Waals surface area contributed by atoms with E-state index in [1.54, 1.807) is 37.7 Å². The number of H-pyrrole nitrogens is 1. The number of benzene rings is 2. The van der Waals surface area contributed by atoms with Crippen molar-refractivity contribution in [2.24, 2.45) is 0 Å². The number of hydrogen-bond acceptors (Lipinski definition) is 7. The van der Waals surface area contributed by atoms with Crippen LogP contribution in [0.5, 0.6) is 5.75 Å². The molecule has 180 valence electrons. The van der Waals surface area contributed by atoms with E-state index in [4.69, 9.17) is 16.3 Å². The van der Waals surface area contributed by atoms with Gasteiger partial charge in [0.1, 0.15) is 16.8 Å². The summed E-state index contributed by atoms with van der Waals surface area (Å²) < 4.78 is 32.5. The van der Waals surface area contributed by atoms with Gasteiger partial charge < -0.3 is 15.0 Å². The summed E-state index contributed by atoms with van der Waals surface area (Å²) in [5.41, 5.74) is 3.86. The molecule has 2 aromatic carbocycles. The molecule has 2 aromatic heterocycles. The second-order valence-electron chi connectivity index (χ2n) is 8.44. The molecule has 1 unspecified atom stereocenters. The van der Waals surface area contributed by atoms with Gasteiger partial charge in [0.2, 0.25) is 5.95 Å². The first-order chi connectivity index (χ1) is 16.8. The number of nitrogens with zero attached hydrogens (tertiary/aromatic N) is 3. The molecular weight excluding hydrogens is 486 g/mol. The number of aromatic amines is 1. The molecule has 1 atom stereocenters. The summed E-state index contributed by atoms with van der Waals surface area (Å²) >= 11 is 6.07. The Hall–Kier alpha value is -3.43. The van der Waals surface area contributed by atoms with E-state index in [-0.39, 0.29) is 4.90 Å². The lowest BCUT2D eigenvalue weighted by molar-refractivity contribution is 0.416. The van der Waals surface area contributed by atoms with Crippen LogP contribution >= 0.6 is 11.6 Å². The lowest BCUT2D eigenvalue weighted by atomic mass is 9.97. The van der Waals surface area contributed by atoms with E-state index < -0.39 is 15.1 Å². The molecule has 4 aromatic rings. The molecule has 0 amide bonds. The average Bonchev–Trinajstić information content (AvgIpc) is 3.29. The Morgan fingerprint density at radius 3 is 2.74 bits per heavy atom. The van der Waals surface area contributed by atoms with Gasteiger partial charge >= 0.3 is 0 Å². The fourth-order valence-electron chi connectivity index (χ4n) is 4.32.